The van der Waals surface area contributed by atoms with Crippen LogP contribution in [0, 0.1) is 0 Å². The first-order valence-electron chi connectivity index (χ1n) is 5.61. The largest absolute Gasteiger partial charge is 0.427 e. The molecule has 0 aliphatic heterocycles. The number of rotatable bonds is 2. The Morgan fingerprint density at radius 1 is 1.25 bits per heavy atom. The van der Waals surface area contributed by atoms with E-state index in [0.717, 1.165) is 31.2 Å². The van der Waals surface area contributed by atoms with Crippen LogP contribution < -0.4 is 4.74 Å². The summed E-state index contributed by atoms with van der Waals surface area (Å²) >= 11 is 0. The molecule has 1 fully saturated rings. The summed E-state index contributed by atoms with van der Waals surface area (Å²) in [5.74, 6) is 0.199. The molecule has 0 unspecified atom stereocenters. The fourth-order valence-electron chi connectivity index (χ4n) is 2.25. The minimum absolute atomic E-state index is 0.327. The summed E-state index contributed by atoms with van der Waals surface area (Å²) in [5, 5.41) is 10.3. The Morgan fingerprint density at radius 2 is 1.81 bits per heavy atom. The molecule has 1 aromatic rings. The molecule has 16 heavy (non-hydrogen) atoms. The van der Waals surface area contributed by atoms with Gasteiger partial charge in [0.05, 0.1) is 5.60 Å². The number of benzene rings is 1. The Hall–Kier alpha value is -1.35. The van der Waals surface area contributed by atoms with Crippen molar-refractivity contribution in [3.63, 3.8) is 0 Å². The van der Waals surface area contributed by atoms with Crippen LogP contribution in [0.2, 0.25) is 0 Å². The van der Waals surface area contributed by atoms with Crippen molar-refractivity contribution in [1.82, 2.24) is 0 Å². The van der Waals surface area contributed by atoms with E-state index in [2.05, 4.69) is 0 Å². The first-order valence-corrected chi connectivity index (χ1v) is 5.61. The molecule has 1 aliphatic rings. The Labute approximate surface area is 95.0 Å². The molecule has 0 amide bonds. The molecule has 86 valence electrons. The van der Waals surface area contributed by atoms with Crippen LogP contribution in [0.25, 0.3) is 0 Å². The highest BCUT2D eigenvalue weighted by atomic mass is 16.5. The predicted octanol–water partition coefficient (Wildman–Crippen LogP) is 2.37. The van der Waals surface area contributed by atoms with Crippen molar-refractivity contribution in [3.05, 3.63) is 29.8 Å². The van der Waals surface area contributed by atoms with E-state index in [1.165, 1.54) is 6.92 Å². The molecule has 1 N–H and O–H groups in total. The zero-order valence-corrected chi connectivity index (χ0v) is 9.40. The van der Waals surface area contributed by atoms with E-state index in [-0.39, 0.29) is 5.97 Å². The lowest BCUT2D eigenvalue weighted by Gasteiger charge is -2.22. The second kappa shape index (κ2) is 4.26. The maximum atomic E-state index is 10.7. The van der Waals surface area contributed by atoms with Crippen LogP contribution in [0.3, 0.4) is 0 Å². The molecule has 3 heteroatoms. The van der Waals surface area contributed by atoms with Crippen molar-refractivity contribution in [2.45, 2.75) is 38.2 Å². The van der Waals surface area contributed by atoms with Gasteiger partial charge in [0, 0.05) is 6.92 Å². The average Bonchev–Trinajstić information content (AvgIpc) is 2.66. The van der Waals surface area contributed by atoms with Crippen LogP contribution in [-0.4, -0.2) is 11.1 Å². The zero-order chi connectivity index (χ0) is 11.6. The lowest BCUT2D eigenvalue weighted by molar-refractivity contribution is -0.131. The number of hydrogen-bond donors (Lipinski definition) is 1. The fourth-order valence-corrected chi connectivity index (χ4v) is 2.25. The Morgan fingerprint density at radius 3 is 2.31 bits per heavy atom. The first kappa shape index (κ1) is 11.1. The topological polar surface area (TPSA) is 46.5 Å². The molecule has 1 saturated carbocycles. The third-order valence-corrected chi connectivity index (χ3v) is 3.08. The van der Waals surface area contributed by atoms with Crippen LogP contribution in [0.5, 0.6) is 5.75 Å². The highest BCUT2D eigenvalue weighted by Crippen LogP contribution is 2.38. The summed E-state index contributed by atoms with van der Waals surface area (Å²) in [5.41, 5.74) is 0.246. The SMILES string of the molecule is CC(=O)Oc1ccc(C2(O)CCCC2)cc1. The monoisotopic (exact) mass is 220 g/mol. The van der Waals surface area contributed by atoms with Crippen LogP contribution >= 0.6 is 0 Å². The normalized spacial score (nSPS) is 18.4. The quantitative estimate of drug-likeness (QED) is 0.614. The molecule has 2 rings (SSSR count). The molecule has 0 radical (unpaired) electrons. The van der Waals surface area contributed by atoms with Crippen LogP contribution in [-0.2, 0) is 10.4 Å². The lowest BCUT2D eigenvalue weighted by atomic mass is 9.92. The predicted molar refractivity (Wildman–Crippen MR) is 60.1 cm³/mol. The maximum Gasteiger partial charge on any atom is 0.308 e. The Balaban J connectivity index is 2.15. The molecule has 3 nitrogen and oxygen atoms in total. The van der Waals surface area contributed by atoms with Gasteiger partial charge in [0.15, 0.2) is 0 Å². The summed E-state index contributed by atoms with van der Waals surface area (Å²) in [6.07, 6.45) is 3.78. The zero-order valence-electron chi connectivity index (χ0n) is 9.40. The van der Waals surface area contributed by atoms with Gasteiger partial charge in [-0.3, -0.25) is 4.79 Å². The third-order valence-electron chi connectivity index (χ3n) is 3.08. The molecule has 0 aromatic heterocycles. The maximum absolute atomic E-state index is 10.7. The van der Waals surface area contributed by atoms with Gasteiger partial charge in [0.25, 0.3) is 0 Å². The van der Waals surface area contributed by atoms with Gasteiger partial charge in [-0.25, -0.2) is 0 Å². The summed E-state index contributed by atoms with van der Waals surface area (Å²) in [6, 6.07) is 7.13. The van der Waals surface area contributed by atoms with Crippen molar-refractivity contribution in [1.29, 1.82) is 0 Å². The van der Waals surface area contributed by atoms with Crippen molar-refractivity contribution in [3.8, 4) is 5.75 Å². The number of carbonyl (C=O) groups excluding carboxylic acids is 1. The van der Waals surface area contributed by atoms with Crippen molar-refractivity contribution in [2.24, 2.45) is 0 Å². The van der Waals surface area contributed by atoms with Gasteiger partial charge in [-0.15, -0.1) is 0 Å². The minimum Gasteiger partial charge on any atom is -0.427 e. The fraction of sp³-hybridized carbons (Fsp3) is 0.462. The third kappa shape index (κ3) is 2.25. The molecule has 1 aromatic carbocycles. The van der Waals surface area contributed by atoms with Gasteiger partial charge >= 0.3 is 5.97 Å². The van der Waals surface area contributed by atoms with Crippen molar-refractivity contribution < 1.29 is 14.6 Å². The summed E-state index contributed by atoms with van der Waals surface area (Å²) in [7, 11) is 0. The van der Waals surface area contributed by atoms with Crippen LogP contribution in [0.1, 0.15) is 38.2 Å². The number of hydrogen-bond acceptors (Lipinski definition) is 3. The molecule has 0 heterocycles. The second-order valence-electron chi connectivity index (χ2n) is 4.36. The highest BCUT2D eigenvalue weighted by molar-refractivity contribution is 5.69. The van der Waals surface area contributed by atoms with Crippen molar-refractivity contribution >= 4 is 5.97 Å². The standard InChI is InChI=1S/C13H16O3/c1-10(14)16-12-6-4-11(5-7-12)13(15)8-2-3-9-13/h4-7,15H,2-3,8-9H2,1H3. The van der Waals surface area contributed by atoms with Gasteiger partial charge in [-0.05, 0) is 30.5 Å². The molecule has 0 saturated heterocycles. The number of carbonyl (C=O) groups is 1. The van der Waals surface area contributed by atoms with Gasteiger partial charge in [-0.2, -0.15) is 0 Å². The molecule has 0 spiro atoms. The van der Waals surface area contributed by atoms with Crippen LogP contribution in [0.4, 0.5) is 0 Å². The van der Waals surface area contributed by atoms with E-state index in [1.54, 1.807) is 12.1 Å². The van der Waals surface area contributed by atoms with Gasteiger partial charge in [-0.1, -0.05) is 25.0 Å². The summed E-state index contributed by atoms with van der Waals surface area (Å²) in [6.45, 7) is 1.37. The van der Waals surface area contributed by atoms with E-state index in [9.17, 15) is 9.90 Å². The van der Waals surface area contributed by atoms with E-state index in [0.29, 0.717) is 5.75 Å². The average molecular weight is 220 g/mol. The minimum atomic E-state index is -0.672. The van der Waals surface area contributed by atoms with Gasteiger partial charge < -0.3 is 9.84 Å². The number of esters is 1. The Kier molecular flexibility index (Phi) is 2.97. The van der Waals surface area contributed by atoms with Gasteiger partial charge in [0.1, 0.15) is 5.75 Å². The van der Waals surface area contributed by atoms with Gasteiger partial charge in [0.2, 0.25) is 0 Å². The number of ether oxygens (including phenoxy) is 1. The summed E-state index contributed by atoms with van der Waals surface area (Å²) < 4.78 is 4.94. The molecule has 0 atom stereocenters. The van der Waals surface area contributed by atoms with Crippen LogP contribution in [0.15, 0.2) is 24.3 Å². The second-order valence-corrected chi connectivity index (χ2v) is 4.36. The molecule has 0 bridgehead atoms. The first-order chi connectivity index (χ1) is 7.60. The van der Waals surface area contributed by atoms with E-state index < -0.39 is 5.60 Å². The highest BCUT2D eigenvalue weighted by Gasteiger charge is 2.32. The molecule has 1 aliphatic carbocycles. The van der Waals surface area contributed by atoms with E-state index in [1.807, 2.05) is 12.1 Å². The number of aliphatic hydroxyl groups is 1. The van der Waals surface area contributed by atoms with E-state index in [4.69, 9.17) is 4.74 Å². The molecular formula is C13H16O3. The Bertz CT molecular complexity index is 375. The summed E-state index contributed by atoms with van der Waals surface area (Å²) in [4.78, 5) is 10.7. The smallest absolute Gasteiger partial charge is 0.308 e. The van der Waals surface area contributed by atoms with Crippen molar-refractivity contribution in [2.75, 3.05) is 0 Å². The van der Waals surface area contributed by atoms with E-state index >= 15 is 0 Å². The molecular weight excluding hydrogens is 204 g/mol. The lowest BCUT2D eigenvalue weighted by Crippen LogP contribution is -2.20.